The molecule has 1 N–H and O–H groups in total. The Morgan fingerprint density at radius 2 is 2.44 bits per heavy atom. The molecule has 10 heteroatoms. The average molecular weight is 343 g/mol. The highest BCUT2D eigenvalue weighted by molar-refractivity contribution is 6.01. The molecule has 25 heavy (non-hydrogen) atoms. The lowest BCUT2D eigenvalue weighted by molar-refractivity contribution is 0.0679. The maximum Gasteiger partial charge on any atom is 0.280 e. The van der Waals surface area contributed by atoms with Gasteiger partial charge in [-0.2, -0.15) is 4.98 Å². The molecule has 1 unspecified atom stereocenters. The van der Waals surface area contributed by atoms with Gasteiger partial charge in [-0.1, -0.05) is 5.21 Å². The van der Waals surface area contributed by atoms with Gasteiger partial charge in [-0.15, -0.1) is 10.2 Å². The summed E-state index contributed by atoms with van der Waals surface area (Å²) in [5, 5.41) is 14.3. The van der Waals surface area contributed by atoms with Crippen LogP contribution >= 0.6 is 0 Å². The number of nitrogens with one attached hydrogen (secondary N) is 1. The molecule has 1 atom stereocenters. The Labute approximate surface area is 142 Å². The molecule has 0 bridgehead atoms. The largest absolute Gasteiger partial charge is 0.491 e. The number of amides is 1. The number of nitrogens with zero attached hydrogens (tertiary/aromatic N) is 6. The molecule has 4 heterocycles. The third-order valence-corrected chi connectivity index (χ3v) is 3.83. The summed E-state index contributed by atoms with van der Waals surface area (Å²) < 4.78 is 14.3. The van der Waals surface area contributed by atoms with Gasteiger partial charge in [0.2, 0.25) is 5.95 Å². The lowest BCUT2D eigenvalue weighted by Crippen LogP contribution is -2.16. The third-order valence-electron chi connectivity index (χ3n) is 3.83. The van der Waals surface area contributed by atoms with Gasteiger partial charge < -0.3 is 9.47 Å². The van der Waals surface area contributed by atoms with Crippen molar-refractivity contribution in [2.75, 3.05) is 18.5 Å². The number of carbonyl (C=O) groups excluding carboxylic acids is 1. The van der Waals surface area contributed by atoms with E-state index >= 15 is 0 Å². The number of anilines is 1. The van der Waals surface area contributed by atoms with Crippen LogP contribution in [0, 0.1) is 0 Å². The fourth-order valence-corrected chi connectivity index (χ4v) is 2.59. The number of ether oxygens (including phenoxy) is 2. The van der Waals surface area contributed by atoms with Gasteiger partial charge in [-0.25, -0.2) is 4.52 Å². The molecule has 10 nitrogen and oxygen atoms in total. The summed E-state index contributed by atoms with van der Waals surface area (Å²) in [4.78, 5) is 16.3. The molecule has 3 aromatic rings. The summed E-state index contributed by atoms with van der Waals surface area (Å²) in [6.07, 6.45) is 5.49. The van der Waals surface area contributed by atoms with E-state index in [9.17, 15) is 4.79 Å². The smallest absolute Gasteiger partial charge is 0.280 e. The highest BCUT2D eigenvalue weighted by atomic mass is 16.5. The minimum Gasteiger partial charge on any atom is -0.491 e. The minimum absolute atomic E-state index is 0.149. The predicted molar refractivity (Wildman–Crippen MR) is 86.4 cm³/mol. The Bertz CT molecular complexity index is 898. The molecule has 1 fully saturated rings. The summed E-state index contributed by atoms with van der Waals surface area (Å²) in [7, 11) is 1.69. The van der Waals surface area contributed by atoms with Gasteiger partial charge in [0, 0.05) is 25.9 Å². The number of fused-ring (bicyclic) bond motifs is 1. The SMILES string of the molecule is Cn1cc(C(=O)Nc2nc3cc(OCC4CCCO4)ccn3n2)nn1. The number of pyridine rings is 1. The van der Waals surface area contributed by atoms with Gasteiger partial charge in [0.05, 0.1) is 12.3 Å². The molecule has 1 saturated heterocycles. The second-order valence-corrected chi connectivity index (χ2v) is 5.78. The fourth-order valence-electron chi connectivity index (χ4n) is 2.59. The standard InChI is InChI=1S/C15H17N7O3/c1-21-8-12(18-20-21)14(23)17-15-16-13-7-10(4-5-22(13)19-15)25-9-11-3-2-6-24-11/h4-5,7-8,11H,2-3,6,9H2,1H3,(H,17,19,23). The molecule has 1 amide bonds. The van der Waals surface area contributed by atoms with E-state index < -0.39 is 5.91 Å². The van der Waals surface area contributed by atoms with Crippen molar-refractivity contribution >= 4 is 17.5 Å². The Kier molecular flexibility index (Phi) is 4.02. The lowest BCUT2D eigenvalue weighted by atomic mass is 10.2. The second kappa shape index (κ2) is 6.48. The van der Waals surface area contributed by atoms with Gasteiger partial charge in [0.15, 0.2) is 11.3 Å². The fraction of sp³-hybridized carbons (Fsp3) is 0.400. The second-order valence-electron chi connectivity index (χ2n) is 5.78. The number of aryl methyl sites for hydroxylation is 1. The lowest BCUT2D eigenvalue weighted by Gasteiger charge is -2.11. The minimum atomic E-state index is -0.418. The van der Waals surface area contributed by atoms with E-state index in [4.69, 9.17) is 9.47 Å². The maximum absolute atomic E-state index is 12.1. The Morgan fingerprint density at radius 1 is 1.52 bits per heavy atom. The van der Waals surface area contributed by atoms with Crippen molar-refractivity contribution in [1.29, 1.82) is 0 Å². The van der Waals surface area contributed by atoms with Crippen LogP contribution in [0.5, 0.6) is 5.75 Å². The van der Waals surface area contributed by atoms with Gasteiger partial charge >= 0.3 is 0 Å². The zero-order valence-corrected chi connectivity index (χ0v) is 13.6. The first kappa shape index (κ1) is 15.5. The van der Waals surface area contributed by atoms with Crippen molar-refractivity contribution in [3.8, 4) is 5.75 Å². The van der Waals surface area contributed by atoms with Crippen LogP contribution in [0.2, 0.25) is 0 Å². The highest BCUT2D eigenvalue weighted by Crippen LogP contribution is 2.18. The monoisotopic (exact) mass is 343 g/mol. The molecular weight excluding hydrogens is 326 g/mol. The van der Waals surface area contributed by atoms with Crippen LogP contribution in [0.1, 0.15) is 23.3 Å². The van der Waals surface area contributed by atoms with Gasteiger partial charge in [-0.05, 0) is 18.9 Å². The van der Waals surface area contributed by atoms with E-state index in [0.29, 0.717) is 18.0 Å². The number of rotatable bonds is 5. The molecule has 0 spiro atoms. The zero-order valence-electron chi connectivity index (χ0n) is 13.6. The van der Waals surface area contributed by atoms with Crippen LogP contribution in [-0.4, -0.2) is 54.8 Å². The van der Waals surface area contributed by atoms with Crippen molar-refractivity contribution in [2.45, 2.75) is 18.9 Å². The molecule has 3 aromatic heterocycles. The summed E-state index contributed by atoms with van der Waals surface area (Å²) in [5.41, 5.74) is 0.765. The van der Waals surface area contributed by atoms with E-state index in [1.807, 2.05) is 0 Å². The molecule has 0 aliphatic carbocycles. The summed E-state index contributed by atoms with van der Waals surface area (Å²) >= 11 is 0. The summed E-state index contributed by atoms with van der Waals surface area (Å²) in [5.74, 6) is 0.452. The van der Waals surface area contributed by atoms with E-state index in [0.717, 1.165) is 19.4 Å². The third kappa shape index (κ3) is 3.43. The van der Waals surface area contributed by atoms with Crippen molar-refractivity contribution in [3.05, 3.63) is 30.2 Å². The first-order valence-electron chi connectivity index (χ1n) is 7.96. The molecular formula is C15H17N7O3. The van der Waals surface area contributed by atoms with Crippen molar-refractivity contribution < 1.29 is 14.3 Å². The van der Waals surface area contributed by atoms with Gasteiger partial charge in [0.25, 0.3) is 5.91 Å². The maximum atomic E-state index is 12.1. The van der Waals surface area contributed by atoms with Crippen LogP contribution in [0.4, 0.5) is 5.95 Å². The van der Waals surface area contributed by atoms with Crippen LogP contribution in [-0.2, 0) is 11.8 Å². The first-order valence-corrected chi connectivity index (χ1v) is 7.96. The van der Waals surface area contributed by atoms with E-state index in [-0.39, 0.29) is 17.7 Å². The van der Waals surface area contributed by atoms with Crippen molar-refractivity contribution in [3.63, 3.8) is 0 Å². The van der Waals surface area contributed by atoms with Crippen molar-refractivity contribution in [1.82, 2.24) is 29.6 Å². The Balaban J connectivity index is 1.45. The van der Waals surface area contributed by atoms with Crippen LogP contribution in [0.3, 0.4) is 0 Å². The average Bonchev–Trinajstić information content (AvgIpc) is 3.32. The number of carbonyl (C=O) groups is 1. The molecule has 1 aliphatic heterocycles. The number of hydrogen-bond donors (Lipinski definition) is 1. The number of hydrogen-bond acceptors (Lipinski definition) is 7. The molecule has 0 radical (unpaired) electrons. The molecule has 0 aromatic carbocycles. The molecule has 1 aliphatic rings. The zero-order chi connectivity index (χ0) is 17.2. The van der Waals surface area contributed by atoms with Gasteiger partial charge in [-0.3, -0.25) is 14.8 Å². The van der Waals surface area contributed by atoms with Crippen LogP contribution in [0.25, 0.3) is 5.65 Å². The summed E-state index contributed by atoms with van der Waals surface area (Å²) in [6, 6.07) is 3.56. The van der Waals surface area contributed by atoms with E-state index in [2.05, 4.69) is 25.7 Å². The Morgan fingerprint density at radius 3 is 3.20 bits per heavy atom. The van der Waals surface area contributed by atoms with E-state index in [1.165, 1.54) is 10.9 Å². The predicted octanol–water partition coefficient (Wildman–Crippen LogP) is 0.668. The number of aromatic nitrogens is 6. The normalized spacial score (nSPS) is 17.1. The molecule has 130 valence electrons. The van der Waals surface area contributed by atoms with Gasteiger partial charge in [0.1, 0.15) is 12.4 Å². The first-order chi connectivity index (χ1) is 12.2. The quantitative estimate of drug-likeness (QED) is 0.725. The molecule has 0 saturated carbocycles. The Hall–Kier alpha value is -3.01. The molecule has 4 rings (SSSR count). The van der Waals surface area contributed by atoms with Crippen LogP contribution in [0.15, 0.2) is 24.5 Å². The topological polar surface area (TPSA) is 108 Å². The van der Waals surface area contributed by atoms with Crippen molar-refractivity contribution in [2.24, 2.45) is 7.05 Å². The van der Waals surface area contributed by atoms with E-state index in [1.54, 1.807) is 29.9 Å². The summed E-state index contributed by atoms with van der Waals surface area (Å²) in [6.45, 7) is 1.31. The highest BCUT2D eigenvalue weighted by Gasteiger charge is 2.17. The van der Waals surface area contributed by atoms with Crippen LogP contribution < -0.4 is 10.1 Å².